The van der Waals surface area contributed by atoms with Gasteiger partial charge in [0.25, 0.3) is 6.71 Å². The van der Waals surface area contributed by atoms with Gasteiger partial charge in [0, 0.05) is 56.0 Å². The molecule has 12 rings (SSSR count). The first-order valence-corrected chi connectivity index (χ1v) is 19.4. The zero-order valence-corrected chi connectivity index (χ0v) is 31.0. The van der Waals surface area contributed by atoms with Gasteiger partial charge in [-0.05, 0) is 94.3 Å². The van der Waals surface area contributed by atoms with Gasteiger partial charge in [0.2, 0.25) is 0 Å². The highest BCUT2D eigenvalue weighted by molar-refractivity contribution is 6.98. The average molecular weight is 719 g/mol. The summed E-state index contributed by atoms with van der Waals surface area (Å²) in [5.41, 5.74) is 15.0. The van der Waals surface area contributed by atoms with Crippen LogP contribution in [0.2, 0.25) is 0 Å². The van der Waals surface area contributed by atoms with Crippen LogP contribution in [0.5, 0.6) is 23.0 Å². The first-order chi connectivity index (χ1) is 27.5. The van der Waals surface area contributed by atoms with Crippen molar-refractivity contribution in [1.82, 2.24) is 4.57 Å². The minimum absolute atomic E-state index is 0.0553. The van der Waals surface area contributed by atoms with Crippen LogP contribution in [0.4, 0.5) is 17.1 Å². The molecular formula is C51H35BN2O2. The van der Waals surface area contributed by atoms with Crippen LogP contribution in [0.15, 0.2) is 176 Å². The molecule has 3 heterocycles. The maximum atomic E-state index is 7.07. The number of benzene rings is 8. The Balaban J connectivity index is 1.06. The molecule has 1 aromatic heterocycles. The van der Waals surface area contributed by atoms with Crippen molar-refractivity contribution in [3.05, 3.63) is 187 Å². The highest BCUT2D eigenvalue weighted by atomic mass is 16.5. The molecule has 9 aromatic rings. The van der Waals surface area contributed by atoms with E-state index in [1.54, 1.807) is 0 Å². The zero-order chi connectivity index (χ0) is 37.1. The molecule has 0 unspecified atom stereocenters. The van der Waals surface area contributed by atoms with E-state index in [2.05, 4.69) is 199 Å². The van der Waals surface area contributed by atoms with Crippen LogP contribution in [0.25, 0.3) is 38.6 Å². The topological polar surface area (TPSA) is 26.6 Å². The van der Waals surface area contributed by atoms with E-state index < -0.39 is 0 Å². The van der Waals surface area contributed by atoms with Crippen molar-refractivity contribution in [2.45, 2.75) is 19.3 Å². The van der Waals surface area contributed by atoms with Crippen LogP contribution in [0.3, 0.4) is 0 Å². The van der Waals surface area contributed by atoms with Crippen molar-refractivity contribution < 1.29 is 9.47 Å². The summed E-state index contributed by atoms with van der Waals surface area (Å²) in [4.78, 5) is 2.34. The third-order valence-electron chi connectivity index (χ3n) is 12.3. The van der Waals surface area contributed by atoms with Gasteiger partial charge < -0.3 is 18.9 Å². The van der Waals surface area contributed by atoms with Crippen LogP contribution < -0.4 is 30.8 Å². The van der Waals surface area contributed by atoms with Crippen LogP contribution in [-0.2, 0) is 5.41 Å². The van der Waals surface area contributed by atoms with E-state index in [-0.39, 0.29) is 12.1 Å². The molecule has 0 saturated heterocycles. The molecule has 0 bridgehead atoms. The van der Waals surface area contributed by atoms with Gasteiger partial charge in [0.05, 0.1) is 11.0 Å². The SMILES string of the molecule is CC1(C)c2cc(N(c3ccccc3)c3ccccc3)ccc2-c2c1ccc1c2Oc2cccc3c2B1c1cc2c4ccccc4n(-c4ccccc4)c2cc1O3. The number of hydrogen-bond acceptors (Lipinski definition) is 3. The Labute approximate surface area is 325 Å². The lowest BCUT2D eigenvalue weighted by atomic mass is 9.34. The van der Waals surface area contributed by atoms with Gasteiger partial charge in [-0.15, -0.1) is 0 Å². The van der Waals surface area contributed by atoms with Crippen molar-refractivity contribution in [2.75, 3.05) is 4.90 Å². The van der Waals surface area contributed by atoms with Gasteiger partial charge >= 0.3 is 0 Å². The lowest BCUT2D eigenvalue weighted by Gasteiger charge is -2.34. The van der Waals surface area contributed by atoms with Crippen LogP contribution in [-0.4, -0.2) is 11.3 Å². The highest BCUT2D eigenvalue weighted by Crippen LogP contribution is 2.55. The fourth-order valence-corrected chi connectivity index (χ4v) is 9.75. The quantitative estimate of drug-likeness (QED) is 0.170. The number of ether oxygens (including phenoxy) is 2. The van der Waals surface area contributed by atoms with E-state index in [0.29, 0.717) is 0 Å². The number of nitrogens with zero attached hydrogens (tertiary/aromatic N) is 2. The molecule has 0 saturated carbocycles. The lowest BCUT2D eigenvalue weighted by molar-refractivity contribution is 0.465. The predicted molar refractivity (Wildman–Crippen MR) is 231 cm³/mol. The van der Waals surface area contributed by atoms with E-state index in [0.717, 1.165) is 62.2 Å². The Bertz CT molecular complexity index is 3020. The van der Waals surface area contributed by atoms with Crippen molar-refractivity contribution in [3.63, 3.8) is 0 Å². The number of rotatable bonds is 4. The molecule has 1 aliphatic carbocycles. The summed E-state index contributed by atoms with van der Waals surface area (Å²) in [7, 11) is 0. The number of fused-ring (bicyclic) bond motifs is 11. The molecule has 264 valence electrons. The van der Waals surface area contributed by atoms with E-state index in [1.165, 1.54) is 44.0 Å². The van der Waals surface area contributed by atoms with Gasteiger partial charge in [-0.1, -0.05) is 117 Å². The molecule has 0 fully saturated rings. The Kier molecular flexibility index (Phi) is 6.45. The molecule has 56 heavy (non-hydrogen) atoms. The van der Waals surface area contributed by atoms with Crippen LogP contribution >= 0.6 is 0 Å². The summed E-state index contributed by atoms with van der Waals surface area (Å²) in [6, 6.07) is 63.1. The fourth-order valence-electron chi connectivity index (χ4n) is 9.75. The highest BCUT2D eigenvalue weighted by Gasteiger charge is 2.45. The van der Waals surface area contributed by atoms with E-state index in [9.17, 15) is 0 Å². The molecule has 0 N–H and O–H groups in total. The van der Waals surface area contributed by atoms with Crippen LogP contribution in [0.1, 0.15) is 25.0 Å². The zero-order valence-electron chi connectivity index (χ0n) is 31.0. The minimum Gasteiger partial charge on any atom is -0.458 e. The van der Waals surface area contributed by atoms with E-state index in [1.807, 2.05) is 0 Å². The van der Waals surface area contributed by atoms with Crippen molar-refractivity contribution in [1.29, 1.82) is 0 Å². The molecule has 0 spiro atoms. The Morgan fingerprint density at radius 2 is 1.18 bits per heavy atom. The third-order valence-corrected chi connectivity index (χ3v) is 12.3. The maximum Gasteiger partial charge on any atom is 0.260 e. The summed E-state index contributed by atoms with van der Waals surface area (Å²) in [6.45, 7) is 4.64. The summed E-state index contributed by atoms with van der Waals surface area (Å²) >= 11 is 0. The molecule has 0 radical (unpaired) electrons. The number of anilines is 3. The normalized spacial score (nSPS) is 13.9. The van der Waals surface area contributed by atoms with Gasteiger partial charge in [0.15, 0.2) is 0 Å². The van der Waals surface area contributed by atoms with Crippen molar-refractivity contribution in [3.8, 4) is 39.8 Å². The van der Waals surface area contributed by atoms with E-state index >= 15 is 0 Å². The largest absolute Gasteiger partial charge is 0.458 e. The Morgan fingerprint density at radius 3 is 1.93 bits per heavy atom. The maximum absolute atomic E-state index is 7.07. The summed E-state index contributed by atoms with van der Waals surface area (Å²) < 4.78 is 16.3. The minimum atomic E-state index is -0.251. The van der Waals surface area contributed by atoms with Gasteiger partial charge in [-0.25, -0.2) is 0 Å². The van der Waals surface area contributed by atoms with Gasteiger partial charge in [-0.3, -0.25) is 0 Å². The third kappa shape index (κ3) is 4.31. The van der Waals surface area contributed by atoms with Gasteiger partial charge in [-0.2, -0.15) is 0 Å². The average Bonchev–Trinajstić information content (AvgIpc) is 3.68. The second kappa shape index (κ2) is 11.5. The molecule has 3 aliphatic rings. The molecule has 0 amide bonds. The smallest absolute Gasteiger partial charge is 0.260 e. The fraction of sp³-hybridized carbons (Fsp3) is 0.0588. The van der Waals surface area contributed by atoms with E-state index in [4.69, 9.17) is 9.47 Å². The molecule has 5 heteroatoms. The Hall–Kier alpha value is -6.98. The monoisotopic (exact) mass is 718 g/mol. The second-order valence-corrected chi connectivity index (χ2v) is 15.7. The predicted octanol–water partition coefficient (Wildman–Crippen LogP) is 11.3. The number of hydrogen-bond donors (Lipinski definition) is 0. The van der Waals surface area contributed by atoms with Crippen LogP contribution in [0, 0.1) is 0 Å². The second-order valence-electron chi connectivity index (χ2n) is 15.7. The molecule has 2 aliphatic heterocycles. The standard InChI is InChI=1S/C51H35BN2O2/c1-51(2)39-27-28-41-50(48(39)37-26-25-35(29-40(37)51)53(32-15-6-3-7-16-32)33-17-8-4-9-18-33)56-46-24-14-23-45-49(46)52(41)42-30-38-36-21-12-13-22-43(36)54(34-19-10-5-11-20-34)44(38)31-47(42)55-45/h3-31H,1-2H3. The van der Waals surface area contributed by atoms with Gasteiger partial charge in [0.1, 0.15) is 23.0 Å². The lowest BCUT2D eigenvalue weighted by Crippen LogP contribution is -2.57. The molecule has 4 nitrogen and oxygen atoms in total. The van der Waals surface area contributed by atoms with Crippen molar-refractivity contribution >= 4 is 62.0 Å². The van der Waals surface area contributed by atoms with Crippen molar-refractivity contribution in [2.24, 2.45) is 0 Å². The molecule has 8 aromatic carbocycles. The molecule has 0 atom stereocenters. The summed E-state index contributed by atoms with van der Waals surface area (Å²) in [5.74, 6) is 3.53. The number of aromatic nitrogens is 1. The number of para-hydroxylation sites is 4. The summed E-state index contributed by atoms with van der Waals surface area (Å²) in [5, 5.41) is 2.43. The first-order valence-electron chi connectivity index (χ1n) is 19.4. The molecular weight excluding hydrogens is 683 g/mol. The summed E-state index contributed by atoms with van der Waals surface area (Å²) in [6.07, 6.45) is 0. The Morgan fingerprint density at radius 1 is 0.500 bits per heavy atom. The first kappa shape index (κ1) is 31.4.